The van der Waals surface area contributed by atoms with Crippen molar-refractivity contribution >= 4 is 28.7 Å². The third-order valence-corrected chi connectivity index (χ3v) is 5.60. The number of aryl methyl sites for hydroxylation is 1. The van der Waals surface area contributed by atoms with Gasteiger partial charge in [0.15, 0.2) is 0 Å². The van der Waals surface area contributed by atoms with Gasteiger partial charge in [-0.05, 0) is 47.1 Å². The number of hydrogen-bond donors (Lipinski definition) is 2. The van der Waals surface area contributed by atoms with Crippen LogP contribution < -0.4 is 40.2 Å². The van der Waals surface area contributed by atoms with Gasteiger partial charge in [-0.25, -0.2) is 9.59 Å². The van der Waals surface area contributed by atoms with Gasteiger partial charge in [0.25, 0.3) is 0 Å². The Morgan fingerprint density at radius 2 is 1.94 bits per heavy atom. The summed E-state index contributed by atoms with van der Waals surface area (Å²) in [5.74, 6) is 0. The molecule has 0 aliphatic heterocycles. The summed E-state index contributed by atoms with van der Waals surface area (Å²) in [6.07, 6.45) is 2.79. The predicted molar refractivity (Wildman–Crippen MR) is 118 cm³/mol. The number of hydrogen-bond acceptors (Lipinski definition) is 5. The predicted octanol–water partition coefficient (Wildman–Crippen LogP) is 1.58. The minimum atomic E-state index is -0.580. The summed E-state index contributed by atoms with van der Waals surface area (Å²) < 4.78 is 5.90. The van der Waals surface area contributed by atoms with Crippen molar-refractivity contribution in [1.29, 1.82) is 0 Å². The van der Waals surface area contributed by atoms with E-state index in [2.05, 4.69) is 54.7 Å². The molecule has 2 aromatic carbocycles. The Morgan fingerprint density at radius 1 is 1.19 bits per heavy atom. The van der Waals surface area contributed by atoms with E-state index < -0.39 is 6.09 Å². The molecule has 0 saturated heterocycles. The van der Waals surface area contributed by atoms with Gasteiger partial charge in [0.05, 0.1) is 30.6 Å². The molecule has 0 fully saturated rings. The molecule has 1 unspecified atom stereocenters. The smallest absolute Gasteiger partial charge is 0.870 e. The molecule has 1 heterocycles. The molecule has 2 amide bonds. The Morgan fingerprint density at radius 3 is 2.62 bits per heavy atom. The van der Waals surface area contributed by atoms with Crippen molar-refractivity contribution in [2.24, 2.45) is 0 Å². The number of rotatable bonds is 2. The molecule has 8 nitrogen and oxygen atoms in total. The summed E-state index contributed by atoms with van der Waals surface area (Å²) in [7, 11) is 1.30. The first-order chi connectivity index (χ1) is 14.3. The number of ether oxygens (including phenoxy) is 1. The summed E-state index contributed by atoms with van der Waals surface area (Å²) in [6, 6.07) is 11.5. The third kappa shape index (κ3) is 4.99. The van der Waals surface area contributed by atoms with Gasteiger partial charge in [-0.3, -0.25) is 0 Å². The zero-order valence-corrected chi connectivity index (χ0v) is 21.1. The van der Waals surface area contributed by atoms with E-state index in [9.17, 15) is 9.59 Å². The molecular formula is C23H27N4NaO4. The standard InChI is InChI=1S/C23H26N4O3.Na.H2O/c1-23(2,3)15-9-10-16-14(12-15)8-11-19(16)26-21(28)25-18-6-5-7-20-17(18)13-24-27(20)22(29)30-4;;/h5-7,9-10,12-13,19H,8,11H2,1-4H3,(H2,25,26,28);;1H2/q;+1;/p-1. The van der Waals surface area contributed by atoms with Gasteiger partial charge in [0.2, 0.25) is 0 Å². The summed E-state index contributed by atoms with van der Waals surface area (Å²) in [4.78, 5) is 24.5. The van der Waals surface area contributed by atoms with Gasteiger partial charge in [0, 0.05) is 5.39 Å². The third-order valence-electron chi connectivity index (χ3n) is 5.60. The van der Waals surface area contributed by atoms with Gasteiger partial charge in [-0.2, -0.15) is 9.78 Å². The number of urea groups is 1. The molecular weight excluding hydrogens is 419 g/mol. The monoisotopic (exact) mass is 446 g/mol. The molecule has 1 aromatic heterocycles. The largest absolute Gasteiger partial charge is 1.00 e. The van der Waals surface area contributed by atoms with Crippen molar-refractivity contribution < 1.29 is 49.4 Å². The van der Waals surface area contributed by atoms with Crippen LogP contribution in [0.2, 0.25) is 0 Å². The molecule has 3 aromatic rings. The Bertz CT molecular complexity index is 1140. The van der Waals surface area contributed by atoms with Crippen molar-refractivity contribution in [3.63, 3.8) is 0 Å². The van der Waals surface area contributed by atoms with Gasteiger partial charge < -0.3 is 20.8 Å². The average Bonchev–Trinajstić information content (AvgIpc) is 3.31. The summed E-state index contributed by atoms with van der Waals surface area (Å²) in [5, 5.41) is 10.7. The molecule has 1 aliphatic rings. The van der Waals surface area contributed by atoms with E-state index in [-0.39, 0.29) is 52.5 Å². The Hall–Kier alpha value is -2.39. The van der Waals surface area contributed by atoms with Crippen LogP contribution in [-0.2, 0) is 16.6 Å². The van der Waals surface area contributed by atoms with Crippen LogP contribution in [0.15, 0.2) is 42.6 Å². The van der Waals surface area contributed by atoms with Crippen molar-refractivity contribution in [3.05, 3.63) is 59.3 Å². The Balaban J connectivity index is 0.00000181. The molecule has 1 atom stereocenters. The fourth-order valence-corrected chi connectivity index (χ4v) is 3.94. The average molecular weight is 446 g/mol. The minimum Gasteiger partial charge on any atom is -0.870 e. The maximum Gasteiger partial charge on any atom is 1.00 e. The SMILES string of the molecule is COC(=O)n1ncc2c(NC(=O)NC3CCc4cc(C(C)(C)C)ccc43)cccc21.[Na+].[OH-]. The Kier molecular flexibility index (Phi) is 8.12. The number of fused-ring (bicyclic) bond motifs is 2. The van der Waals surface area contributed by atoms with Crippen LogP contribution in [-0.4, -0.2) is 34.5 Å². The van der Waals surface area contributed by atoms with Gasteiger partial charge in [-0.15, -0.1) is 0 Å². The fraction of sp³-hybridized carbons (Fsp3) is 0.348. The van der Waals surface area contributed by atoms with E-state index >= 15 is 0 Å². The number of anilines is 1. The molecule has 0 saturated carbocycles. The van der Waals surface area contributed by atoms with Crippen LogP contribution in [0.25, 0.3) is 10.9 Å². The van der Waals surface area contributed by atoms with Crippen molar-refractivity contribution in [2.45, 2.75) is 45.1 Å². The van der Waals surface area contributed by atoms with Crippen molar-refractivity contribution in [3.8, 4) is 0 Å². The van der Waals surface area contributed by atoms with Crippen LogP contribution >= 0.6 is 0 Å². The number of aromatic nitrogens is 2. The van der Waals surface area contributed by atoms with E-state index in [1.54, 1.807) is 24.4 Å². The van der Waals surface area contributed by atoms with Crippen molar-refractivity contribution in [1.82, 2.24) is 15.1 Å². The summed E-state index contributed by atoms with van der Waals surface area (Å²) >= 11 is 0. The molecule has 32 heavy (non-hydrogen) atoms. The number of carbonyl (C=O) groups excluding carboxylic acids is 2. The van der Waals surface area contributed by atoms with Crippen LogP contribution in [0, 0.1) is 0 Å². The topological polar surface area (TPSA) is 115 Å². The summed E-state index contributed by atoms with van der Waals surface area (Å²) in [6.45, 7) is 6.61. The second kappa shape index (κ2) is 10.0. The van der Waals surface area contributed by atoms with E-state index in [4.69, 9.17) is 4.74 Å². The molecule has 4 rings (SSSR count). The zero-order chi connectivity index (χ0) is 21.5. The maximum atomic E-state index is 12.7. The van der Waals surface area contributed by atoms with E-state index in [0.29, 0.717) is 16.6 Å². The quantitative estimate of drug-likeness (QED) is 0.580. The Labute approximate surface area is 209 Å². The number of nitrogens with zero attached hydrogens (tertiary/aromatic N) is 2. The number of carbonyl (C=O) groups is 2. The first-order valence-corrected chi connectivity index (χ1v) is 10.0. The van der Waals surface area contributed by atoms with E-state index in [0.717, 1.165) is 12.8 Å². The number of methoxy groups -OCH3 is 1. The van der Waals surface area contributed by atoms with Crippen LogP contribution in [0.3, 0.4) is 0 Å². The summed E-state index contributed by atoms with van der Waals surface area (Å²) in [5.41, 5.74) is 5.04. The first kappa shape index (κ1) is 25.9. The van der Waals surface area contributed by atoms with Crippen molar-refractivity contribution in [2.75, 3.05) is 12.4 Å². The normalized spacial score (nSPS) is 14.7. The minimum absolute atomic E-state index is 0. The fourth-order valence-electron chi connectivity index (χ4n) is 3.94. The molecule has 0 radical (unpaired) electrons. The number of amides is 2. The molecule has 164 valence electrons. The van der Waals surface area contributed by atoms with Gasteiger partial charge >= 0.3 is 41.7 Å². The first-order valence-electron chi connectivity index (χ1n) is 10.0. The maximum absolute atomic E-state index is 12.7. The van der Waals surface area contributed by atoms with Crippen LogP contribution in [0.5, 0.6) is 0 Å². The van der Waals surface area contributed by atoms with Crippen LogP contribution in [0.1, 0.15) is 49.9 Å². The van der Waals surface area contributed by atoms with E-state index in [1.165, 1.54) is 28.5 Å². The molecule has 0 bridgehead atoms. The second-order valence-electron chi connectivity index (χ2n) is 8.62. The molecule has 1 aliphatic carbocycles. The van der Waals surface area contributed by atoms with Gasteiger partial charge in [0.1, 0.15) is 0 Å². The molecule has 0 spiro atoms. The van der Waals surface area contributed by atoms with E-state index in [1.807, 2.05) is 0 Å². The van der Waals surface area contributed by atoms with Gasteiger partial charge in [-0.1, -0.05) is 45.0 Å². The molecule has 3 N–H and O–H groups in total. The second-order valence-corrected chi connectivity index (χ2v) is 8.62. The number of benzene rings is 2. The molecule has 9 heteroatoms. The zero-order valence-electron chi connectivity index (χ0n) is 19.1. The number of nitrogens with one attached hydrogen (secondary N) is 2. The van der Waals surface area contributed by atoms with Crippen LogP contribution in [0.4, 0.5) is 15.3 Å².